The maximum Gasteiger partial charge on any atom is 0.190 e. The number of morpholine rings is 1. The number of hydrogen-bond donors (Lipinski definition) is 2. The molecule has 1 rings (SSSR count). The van der Waals surface area contributed by atoms with Crippen LogP contribution in [0.5, 0.6) is 0 Å². The summed E-state index contributed by atoms with van der Waals surface area (Å²) >= 11 is 0. The molecule has 6 nitrogen and oxygen atoms in total. The van der Waals surface area contributed by atoms with Gasteiger partial charge in [0.2, 0.25) is 0 Å². The number of nitrogens with one attached hydrogen (secondary N) is 2. The van der Waals surface area contributed by atoms with Crippen LogP contribution in [0.2, 0.25) is 0 Å². The Hall–Kier alpha value is -0.850. The Kier molecular flexibility index (Phi) is 10.2. The normalized spacial score (nSPS) is 23.5. The van der Waals surface area contributed by atoms with E-state index in [0.717, 1.165) is 64.7 Å². The van der Waals surface area contributed by atoms with Gasteiger partial charge in [0.15, 0.2) is 5.96 Å². The van der Waals surface area contributed by atoms with Crippen molar-refractivity contribution in [3.8, 4) is 0 Å². The molecule has 22 heavy (non-hydrogen) atoms. The number of ether oxygens (including phenoxy) is 2. The molecule has 0 aromatic carbocycles. The van der Waals surface area contributed by atoms with Gasteiger partial charge >= 0.3 is 0 Å². The molecule has 1 heterocycles. The summed E-state index contributed by atoms with van der Waals surface area (Å²) in [6.45, 7) is 12.9. The first-order chi connectivity index (χ1) is 10.7. The van der Waals surface area contributed by atoms with Gasteiger partial charge in [-0.1, -0.05) is 0 Å². The Morgan fingerprint density at radius 3 is 2.41 bits per heavy atom. The molecule has 0 aliphatic carbocycles. The number of hydrogen-bond acceptors (Lipinski definition) is 4. The van der Waals surface area contributed by atoms with Gasteiger partial charge in [-0.3, -0.25) is 9.89 Å². The fourth-order valence-corrected chi connectivity index (χ4v) is 2.72. The largest absolute Gasteiger partial charge is 0.382 e. The standard InChI is InChI=1S/C16H34N4O2/c1-5-21-11-7-9-19-16(17-4)18-8-6-10-20-12-14(2)22-15(3)13-20/h14-15H,5-13H2,1-4H3,(H2,17,18,19). The van der Waals surface area contributed by atoms with Crippen molar-refractivity contribution in [2.24, 2.45) is 4.99 Å². The first kappa shape index (κ1) is 19.2. The third-order valence-corrected chi connectivity index (χ3v) is 3.62. The van der Waals surface area contributed by atoms with Gasteiger partial charge in [-0.2, -0.15) is 0 Å². The van der Waals surface area contributed by atoms with Gasteiger partial charge in [-0.05, 0) is 33.6 Å². The van der Waals surface area contributed by atoms with Gasteiger partial charge in [0.25, 0.3) is 0 Å². The van der Waals surface area contributed by atoms with Crippen molar-refractivity contribution in [1.29, 1.82) is 0 Å². The second-order valence-corrected chi connectivity index (χ2v) is 5.85. The quantitative estimate of drug-likeness (QED) is 0.379. The molecule has 6 heteroatoms. The third-order valence-electron chi connectivity index (χ3n) is 3.62. The van der Waals surface area contributed by atoms with E-state index < -0.39 is 0 Å². The summed E-state index contributed by atoms with van der Waals surface area (Å²) < 4.78 is 11.1. The topological polar surface area (TPSA) is 58.1 Å². The van der Waals surface area contributed by atoms with Crippen LogP contribution in [-0.2, 0) is 9.47 Å². The Morgan fingerprint density at radius 1 is 1.18 bits per heavy atom. The number of aliphatic imine (C=N–C) groups is 1. The molecule has 2 N–H and O–H groups in total. The molecule has 1 saturated heterocycles. The second-order valence-electron chi connectivity index (χ2n) is 5.85. The molecule has 0 bridgehead atoms. The highest BCUT2D eigenvalue weighted by Gasteiger charge is 2.21. The third kappa shape index (κ3) is 8.56. The highest BCUT2D eigenvalue weighted by Crippen LogP contribution is 2.10. The van der Waals surface area contributed by atoms with Crippen molar-refractivity contribution in [2.75, 3.05) is 53.0 Å². The number of nitrogens with zero attached hydrogens (tertiary/aromatic N) is 2. The number of guanidine groups is 1. The summed E-state index contributed by atoms with van der Waals surface area (Å²) in [5, 5.41) is 6.67. The van der Waals surface area contributed by atoms with Crippen LogP contribution in [0.25, 0.3) is 0 Å². The van der Waals surface area contributed by atoms with E-state index in [4.69, 9.17) is 9.47 Å². The Morgan fingerprint density at radius 2 is 1.82 bits per heavy atom. The Bertz CT molecular complexity index is 303. The summed E-state index contributed by atoms with van der Waals surface area (Å²) in [5.74, 6) is 0.875. The lowest BCUT2D eigenvalue weighted by molar-refractivity contribution is -0.0679. The molecular weight excluding hydrogens is 280 g/mol. The summed E-state index contributed by atoms with van der Waals surface area (Å²) in [6, 6.07) is 0. The summed E-state index contributed by atoms with van der Waals surface area (Å²) in [4.78, 5) is 6.72. The molecule has 2 unspecified atom stereocenters. The monoisotopic (exact) mass is 314 g/mol. The van der Waals surface area contributed by atoms with E-state index in [0.29, 0.717) is 12.2 Å². The minimum atomic E-state index is 0.344. The molecule has 0 aromatic heterocycles. The van der Waals surface area contributed by atoms with E-state index in [1.807, 2.05) is 14.0 Å². The zero-order valence-corrected chi connectivity index (χ0v) is 14.7. The zero-order valence-electron chi connectivity index (χ0n) is 14.7. The number of rotatable bonds is 9. The molecule has 0 aromatic rings. The fraction of sp³-hybridized carbons (Fsp3) is 0.938. The van der Waals surface area contributed by atoms with Gasteiger partial charge in [-0.15, -0.1) is 0 Å². The predicted molar refractivity (Wildman–Crippen MR) is 91.5 cm³/mol. The second kappa shape index (κ2) is 11.7. The maximum atomic E-state index is 5.75. The van der Waals surface area contributed by atoms with Gasteiger partial charge in [0, 0.05) is 53.0 Å². The molecular formula is C16H34N4O2. The van der Waals surface area contributed by atoms with Gasteiger partial charge in [0.1, 0.15) is 0 Å². The minimum absolute atomic E-state index is 0.344. The first-order valence-electron chi connectivity index (χ1n) is 8.55. The summed E-state index contributed by atoms with van der Waals surface area (Å²) in [7, 11) is 1.81. The van der Waals surface area contributed by atoms with E-state index in [1.54, 1.807) is 0 Å². The van der Waals surface area contributed by atoms with Crippen LogP contribution >= 0.6 is 0 Å². The van der Waals surface area contributed by atoms with Gasteiger partial charge in [-0.25, -0.2) is 0 Å². The molecule has 130 valence electrons. The van der Waals surface area contributed by atoms with E-state index in [1.165, 1.54) is 0 Å². The van der Waals surface area contributed by atoms with Gasteiger partial charge < -0.3 is 20.1 Å². The molecule has 1 aliphatic rings. The van der Waals surface area contributed by atoms with Crippen molar-refractivity contribution >= 4 is 5.96 Å². The van der Waals surface area contributed by atoms with Crippen molar-refractivity contribution in [3.63, 3.8) is 0 Å². The van der Waals surface area contributed by atoms with Crippen LogP contribution in [0.15, 0.2) is 4.99 Å². The smallest absolute Gasteiger partial charge is 0.190 e. The average molecular weight is 314 g/mol. The Balaban J connectivity index is 2.06. The maximum absolute atomic E-state index is 5.75. The molecule has 1 aliphatic heterocycles. The van der Waals surface area contributed by atoms with Crippen molar-refractivity contribution in [2.45, 2.75) is 45.8 Å². The van der Waals surface area contributed by atoms with E-state index in [-0.39, 0.29) is 0 Å². The van der Waals surface area contributed by atoms with Crippen molar-refractivity contribution in [1.82, 2.24) is 15.5 Å². The van der Waals surface area contributed by atoms with Crippen LogP contribution in [-0.4, -0.2) is 76.1 Å². The molecule has 0 saturated carbocycles. The molecule has 0 radical (unpaired) electrons. The minimum Gasteiger partial charge on any atom is -0.382 e. The molecule has 0 amide bonds. The molecule has 0 spiro atoms. The highest BCUT2D eigenvalue weighted by atomic mass is 16.5. The lowest BCUT2D eigenvalue weighted by Crippen LogP contribution is -2.46. The highest BCUT2D eigenvalue weighted by molar-refractivity contribution is 5.79. The van der Waals surface area contributed by atoms with Crippen LogP contribution in [0, 0.1) is 0 Å². The zero-order chi connectivity index (χ0) is 16.2. The predicted octanol–water partition coefficient (Wildman–Crippen LogP) is 1.08. The van der Waals surface area contributed by atoms with Crippen LogP contribution in [0.3, 0.4) is 0 Å². The first-order valence-corrected chi connectivity index (χ1v) is 8.55. The van der Waals surface area contributed by atoms with Crippen LogP contribution in [0.4, 0.5) is 0 Å². The SMILES string of the molecule is CCOCCCNC(=NC)NCCCN1CC(C)OC(C)C1. The lowest BCUT2D eigenvalue weighted by Gasteiger charge is -2.35. The average Bonchev–Trinajstić information content (AvgIpc) is 2.48. The summed E-state index contributed by atoms with van der Waals surface area (Å²) in [5.41, 5.74) is 0. The molecule has 1 fully saturated rings. The van der Waals surface area contributed by atoms with E-state index in [2.05, 4.69) is 34.4 Å². The van der Waals surface area contributed by atoms with Gasteiger partial charge in [0.05, 0.1) is 12.2 Å². The van der Waals surface area contributed by atoms with Crippen molar-refractivity contribution < 1.29 is 9.47 Å². The Labute approximate surface area is 135 Å². The van der Waals surface area contributed by atoms with Crippen LogP contribution in [0.1, 0.15) is 33.6 Å². The van der Waals surface area contributed by atoms with E-state index >= 15 is 0 Å². The molecule has 2 atom stereocenters. The summed E-state index contributed by atoms with van der Waals surface area (Å²) in [6.07, 6.45) is 2.80. The van der Waals surface area contributed by atoms with Crippen molar-refractivity contribution in [3.05, 3.63) is 0 Å². The fourth-order valence-electron chi connectivity index (χ4n) is 2.72. The van der Waals surface area contributed by atoms with Crippen LogP contribution < -0.4 is 10.6 Å². The van der Waals surface area contributed by atoms with E-state index in [9.17, 15) is 0 Å². The lowest BCUT2D eigenvalue weighted by atomic mass is 10.2.